The molecule has 0 radical (unpaired) electrons. The summed E-state index contributed by atoms with van der Waals surface area (Å²) in [6, 6.07) is 18.6. The monoisotopic (exact) mass is 359 g/mol. The number of para-hydroxylation sites is 1. The van der Waals surface area contributed by atoms with Gasteiger partial charge < -0.3 is 9.88 Å². The highest BCUT2D eigenvalue weighted by Crippen LogP contribution is 2.40. The Hall–Kier alpha value is -2.26. The average Bonchev–Trinajstić information content (AvgIpc) is 3.15. The number of piperidine rings is 1. The van der Waals surface area contributed by atoms with Gasteiger partial charge in [0.25, 0.3) is 0 Å². The van der Waals surface area contributed by atoms with Crippen molar-refractivity contribution >= 4 is 16.6 Å². The molecular formula is C24H29N3. The second-order valence-electron chi connectivity index (χ2n) is 8.34. The normalized spacial score (nSPS) is 23.6. The average molecular weight is 360 g/mol. The zero-order valence-electron chi connectivity index (χ0n) is 16.4. The van der Waals surface area contributed by atoms with Gasteiger partial charge in [0.15, 0.2) is 0 Å². The molecule has 2 unspecified atom stereocenters. The van der Waals surface area contributed by atoms with Crippen molar-refractivity contribution in [1.82, 2.24) is 9.88 Å². The first-order chi connectivity index (χ1) is 13.2. The summed E-state index contributed by atoms with van der Waals surface area (Å²) in [6.07, 6.45) is 4.03. The van der Waals surface area contributed by atoms with E-state index in [-0.39, 0.29) is 0 Å². The number of H-pyrrole nitrogens is 1. The molecule has 3 aromatic rings. The van der Waals surface area contributed by atoms with Crippen molar-refractivity contribution in [3.63, 3.8) is 0 Å². The summed E-state index contributed by atoms with van der Waals surface area (Å²) in [5.74, 6) is 0.406. The van der Waals surface area contributed by atoms with Crippen LogP contribution in [0.4, 0.5) is 5.69 Å². The number of nitrogens with zero attached hydrogens (tertiary/aromatic N) is 2. The highest BCUT2D eigenvalue weighted by molar-refractivity contribution is 5.80. The zero-order valence-corrected chi connectivity index (χ0v) is 16.4. The van der Waals surface area contributed by atoms with Gasteiger partial charge in [-0.3, -0.25) is 4.90 Å². The summed E-state index contributed by atoms with van der Waals surface area (Å²) in [7, 11) is 2.26. The molecule has 2 atom stereocenters. The van der Waals surface area contributed by atoms with E-state index in [2.05, 4.69) is 77.3 Å². The number of fused-ring (bicyclic) bond motifs is 2. The number of hydrogen-bond donors (Lipinski definition) is 1. The van der Waals surface area contributed by atoms with E-state index in [0.29, 0.717) is 12.0 Å². The van der Waals surface area contributed by atoms with Crippen LogP contribution in [-0.2, 0) is 0 Å². The number of rotatable bonds is 2. The van der Waals surface area contributed by atoms with E-state index in [0.717, 1.165) is 6.54 Å². The van der Waals surface area contributed by atoms with Gasteiger partial charge in [0.1, 0.15) is 0 Å². The van der Waals surface area contributed by atoms with E-state index < -0.39 is 0 Å². The molecule has 1 aromatic heterocycles. The highest BCUT2D eigenvalue weighted by atomic mass is 15.1. The van der Waals surface area contributed by atoms with Crippen LogP contribution in [0.2, 0.25) is 0 Å². The van der Waals surface area contributed by atoms with Crippen LogP contribution < -0.4 is 4.90 Å². The number of likely N-dealkylation sites (N-methyl/N-ethyl adjacent to an activating group) is 1. The van der Waals surface area contributed by atoms with Crippen molar-refractivity contribution in [3.8, 4) is 0 Å². The Morgan fingerprint density at radius 3 is 2.56 bits per heavy atom. The third-order valence-electron chi connectivity index (χ3n) is 6.68. The zero-order chi connectivity index (χ0) is 18.4. The molecule has 1 N–H and O–H groups in total. The second kappa shape index (κ2) is 6.72. The highest BCUT2D eigenvalue weighted by Gasteiger charge is 2.31. The van der Waals surface area contributed by atoms with Gasteiger partial charge in [0.2, 0.25) is 0 Å². The van der Waals surface area contributed by atoms with Gasteiger partial charge in [0, 0.05) is 48.5 Å². The molecule has 0 saturated carbocycles. The van der Waals surface area contributed by atoms with Crippen molar-refractivity contribution in [2.24, 2.45) is 0 Å². The lowest BCUT2D eigenvalue weighted by molar-refractivity contribution is 0.233. The van der Waals surface area contributed by atoms with E-state index in [4.69, 9.17) is 0 Å². The van der Waals surface area contributed by atoms with E-state index in [1.54, 1.807) is 0 Å². The van der Waals surface area contributed by atoms with Crippen LogP contribution in [0.25, 0.3) is 10.9 Å². The van der Waals surface area contributed by atoms with Crippen LogP contribution in [0.5, 0.6) is 0 Å². The van der Waals surface area contributed by atoms with Crippen molar-refractivity contribution in [3.05, 3.63) is 65.4 Å². The first kappa shape index (κ1) is 16.9. The lowest BCUT2D eigenvalue weighted by atomic mass is 9.83. The molecule has 1 fully saturated rings. The molecule has 2 aromatic carbocycles. The summed E-state index contributed by atoms with van der Waals surface area (Å²) in [6.45, 7) is 5.81. The molecule has 140 valence electrons. The number of nitrogens with one attached hydrogen (secondary N) is 1. The molecule has 2 aliphatic rings. The molecule has 0 bridgehead atoms. The lowest BCUT2D eigenvalue weighted by Crippen LogP contribution is -2.35. The molecule has 27 heavy (non-hydrogen) atoms. The first-order valence-electron chi connectivity index (χ1n) is 10.4. The lowest BCUT2D eigenvalue weighted by Gasteiger charge is -2.38. The molecule has 0 aliphatic carbocycles. The van der Waals surface area contributed by atoms with Crippen molar-refractivity contribution < 1.29 is 0 Å². The molecule has 3 heteroatoms. The van der Waals surface area contributed by atoms with Crippen LogP contribution >= 0.6 is 0 Å². The van der Waals surface area contributed by atoms with E-state index in [9.17, 15) is 0 Å². The fourth-order valence-corrected chi connectivity index (χ4v) is 4.92. The SMILES string of the molecule is CC1c2cc(N3CCCCC3)ccc2C(c2cc3ccccc3[nH]2)CN1C. The second-order valence-corrected chi connectivity index (χ2v) is 8.34. The van der Waals surface area contributed by atoms with Crippen LogP contribution in [0.1, 0.15) is 55.0 Å². The predicted octanol–water partition coefficient (Wildman–Crippen LogP) is 5.30. The van der Waals surface area contributed by atoms with Crippen LogP contribution in [0, 0.1) is 0 Å². The van der Waals surface area contributed by atoms with E-state index >= 15 is 0 Å². The van der Waals surface area contributed by atoms with Crippen molar-refractivity contribution in [2.75, 3.05) is 31.6 Å². The fraction of sp³-hybridized carbons (Fsp3) is 0.417. The van der Waals surface area contributed by atoms with E-state index in [1.165, 1.54) is 65.8 Å². The van der Waals surface area contributed by atoms with Gasteiger partial charge in [-0.2, -0.15) is 0 Å². The third-order valence-corrected chi connectivity index (χ3v) is 6.68. The van der Waals surface area contributed by atoms with Gasteiger partial charge in [0.05, 0.1) is 0 Å². The Balaban J connectivity index is 1.56. The van der Waals surface area contributed by atoms with Crippen LogP contribution in [-0.4, -0.2) is 36.6 Å². The number of aromatic amines is 1. The fourth-order valence-electron chi connectivity index (χ4n) is 4.92. The number of benzene rings is 2. The van der Waals surface area contributed by atoms with Gasteiger partial charge in [-0.15, -0.1) is 0 Å². The summed E-state index contributed by atoms with van der Waals surface area (Å²) >= 11 is 0. The predicted molar refractivity (Wildman–Crippen MR) is 114 cm³/mol. The molecular weight excluding hydrogens is 330 g/mol. The topological polar surface area (TPSA) is 22.3 Å². The number of aromatic nitrogens is 1. The molecule has 5 rings (SSSR count). The molecule has 0 spiro atoms. The Morgan fingerprint density at radius 1 is 0.926 bits per heavy atom. The largest absolute Gasteiger partial charge is 0.372 e. The Bertz CT molecular complexity index is 918. The summed E-state index contributed by atoms with van der Waals surface area (Å²) in [4.78, 5) is 8.75. The molecule has 3 nitrogen and oxygen atoms in total. The van der Waals surface area contributed by atoms with Crippen LogP contribution in [0.15, 0.2) is 48.5 Å². The minimum atomic E-state index is 0.406. The Morgan fingerprint density at radius 2 is 1.74 bits per heavy atom. The molecule has 3 heterocycles. The van der Waals surface area contributed by atoms with Crippen LogP contribution in [0.3, 0.4) is 0 Å². The van der Waals surface area contributed by atoms with E-state index in [1.807, 2.05) is 0 Å². The van der Waals surface area contributed by atoms with Crippen molar-refractivity contribution in [2.45, 2.75) is 38.1 Å². The minimum Gasteiger partial charge on any atom is -0.372 e. The molecule has 1 saturated heterocycles. The smallest absolute Gasteiger partial charge is 0.0456 e. The summed E-state index contributed by atoms with van der Waals surface area (Å²) < 4.78 is 0. The summed E-state index contributed by atoms with van der Waals surface area (Å²) in [5, 5.41) is 1.31. The van der Waals surface area contributed by atoms with Gasteiger partial charge in [-0.05, 0) is 74.0 Å². The van der Waals surface area contributed by atoms with Gasteiger partial charge in [-0.25, -0.2) is 0 Å². The van der Waals surface area contributed by atoms with Crippen molar-refractivity contribution in [1.29, 1.82) is 0 Å². The third kappa shape index (κ3) is 2.94. The minimum absolute atomic E-state index is 0.406. The Labute approximate surface area is 162 Å². The maximum atomic E-state index is 3.68. The van der Waals surface area contributed by atoms with Gasteiger partial charge in [-0.1, -0.05) is 24.3 Å². The number of hydrogen-bond acceptors (Lipinski definition) is 2. The molecule has 2 aliphatic heterocycles. The maximum absolute atomic E-state index is 3.68. The van der Waals surface area contributed by atoms with Gasteiger partial charge >= 0.3 is 0 Å². The Kier molecular flexibility index (Phi) is 4.20. The first-order valence-corrected chi connectivity index (χ1v) is 10.4. The quantitative estimate of drug-likeness (QED) is 0.671. The summed E-state index contributed by atoms with van der Waals surface area (Å²) in [5.41, 5.74) is 6.97. The standard InChI is InChI=1S/C24H29N3/c1-17-21-15-19(27-12-6-3-7-13-27)10-11-20(21)22(16-26(17)2)24-14-18-8-4-5-9-23(18)25-24/h4-5,8-11,14-15,17,22,25H,3,6-7,12-13,16H2,1-2H3. The number of anilines is 1. The molecule has 0 amide bonds. The maximum Gasteiger partial charge on any atom is 0.0456 e.